The Balaban J connectivity index is 0.000000583. The van der Waals surface area contributed by atoms with Gasteiger partial charge in [0.25, 0.3) is 0 Å². The number of hydrogen-bond acceptors (Lipinski definition) is 2. The Morgan fingerprint density at radius 1 is 1.13 bits per heavy atom. The molecule has 0 amide bonds. The highest BCUT2D eigenvalue weighted by molar-refractivity contribution is 5.37. The lowest BCUT2D eigenvalue weighted by Gasteiger charge is -2.10. The van der Waals surface area contributed by atoms with Crippen LogP contribution in [0.15, 0.2) is 18.3 Å². The number of nitrogens with zero attached hydrogens (tertiary/aromatic N) is 2. The molecule has 0 radical (unpaired) electrons. The summed E-state index contributed by atoms with van der Waals surface area (Å²) in [6.07, 6.45) is 5.52. The minimum atomic E-state index is 1.02. The highest BCUT2D eigenvalue weighted by atomic mass is 15.1. The summed E-state index contributed by atoms with van der Waals surface area (Å²) in [5.74, 6) is 1.02. The lowest BCUT2D eigenvalue weighted by atomic mass is 10.2. The van der Waals surface area contributed by atoms with E-state index in [-0.39, 0.29) is 0 Å². The summed E-state index contributed by atoms with van der Waals surface area (Å²) in [7, 11) is 4.00. The van der Waals surface area contributed by atoms with E-state index in [0.717, 1.165) is 12.2 Å². The molecule has 0 saturated carbocycles. The normalized spacial score (nSPS) is 9.13. The van der Waals surface area contributed by atoms with Gasteiger partial charge in [0.1, 0.15) is 5.82 Å². The molecule has 0 aliphatic carbocycles. The minimum Gasteiger partial charge on any atom is -0.363 e. The first-order valence-electron chi connectivity index (χ1n) is 5.77. The molecule has 2 heteroatoms. The topological polar surface area (TPSA) is 16.1 Å². The maximum Gasteiger partial charge on any atom is 0.127 e. The quantitative estimate of drug-likeness (QED) is 0.755. The molecule has 0 N–H and O–H groups in total. The summed E-state index contributed by atoms with van der Waals surface area (Å²) >= 11 is 0. The van der Waals surface area contributed by atoms with E-state index >= 15 is 0 Å². The lowest BCUT2D eigenvalue weighted by molar-refractivity contribution is 0.910. The average molecular weight is 208 g/mol. The van der Waals surface area contributed by atoms with E-state index in [1.54, 1.807) is 0 Å². The Hall–Kier alpha value is -1.05. The second-order valence-electron chi connectivity index (χ2n) is 3.88. The van der Waals surface area contributed by atoms with Gasteiger partial charge in [-0.1, -0.05) is 39.7 Å². The van der Waals surface area contributed by atoms with Crippen LogP contribution in [0.3, 0.4) is 0 Å². The molecule has 0 unspecified atom stereocenters. The van der Waals surface area contributed by atoms with E-state index in [1.165, 1.54) is 18.4 Å². The van der Waals surface area contributed by atoms with Gasteiger partial charge in [-0.25, -0.2) is 4.98 Å². The van der Waals surface area contributed by atoms with Crippen LogP contribution >= 0.6 is 0 Å². The molecule has 2 nitrogen and oxygen atoms in total. The van der Waals surface area contributed by atoms with Crippen LogP contribution in [0.5, 0.6) is 0 Å². The zero-order chi connectivity index (χ0) is 11.7. The average Bonchev–Trinajstić information content (AvgIpc) is 2.20. The number of pyridine rings is 1. The van der Waals surface area contributed by atoms with Crippen LogP contribution < -0.4 is 4.90 Å². The lowest BCUT2D eigenvalue weighted by Crippen LogP contribution is -2.10. The Labute approximate surface area is 94.3 Å². The molecule has 0 aliphatic rings. The molecule has 0 spiro atoms. The predicted molar refractivity (Wildman–Crippen MR) is 68.5 cm³/mol. The zero-order valence-corrected chi connectivity index (χ0v) is 10.7. The fourth-order valence-corrected chi connectivity index (χ4v) is 1.12. The Kier molecular flexibility index (Phi) is 7.69. The van der Waals surface area contributed by atoms with Crippen molar-refractivity contribution in [3.05, 3.63) is 23.9 Å². The number of aryl methyl sites for hydroxylation is 1. The molecule has 86 valence electrons. The summed E-state index contributed by atoms with van der Waals surface area (Å²) in [4.78, 5) is 6.33. The first kappa shape index (κ1) is 13.9. The zero-order valence-electron chi connectivity index (χ0n) is 10.7. The van der Waals surface area contributed by atoms with Crippen molar-refractivity contribution in [2.24, 2.45) is 0 Å². The maximum atomic E-state index is 4.32. The predicted octanol–water partition coefficient (Wildman–Crippen LogP) is 3.52. The van der Waals surface area contributed by atoms with Crippen LogP contribution in [0.1, 0.15) is 39.2 Å². The van der Waals surface area contributed by atoms with Crippen molar-refractivity contribution >= 4 is 5.82 Å². The molecule has 0 aliphatic heterocycles. The fourth-order valence-electron chi connectivity index (χ4n) is 1.12. The van der Waals surface area contributed by atoms with E-state index in [2.05, 4.69) is 37.9 Å². The minimum absolute atomic E-state index is 1.02. The van der Waals surface area contributed by atoms with Gasteiger partial charge in [-0.15, -0.1) is 0 Å². The van der Waals surface area contributed by atoms with Crippen molar-refractivity contribution in [3.63, 3.8) is 0 Å². The van der Waals surface area contributed by atoms with Crippen molar-refractivity contribution in [2.45, 2.75) is 40.0 Å². The van der Waals surface area contributed by atoms with Gasteiger partial charge in [0.15, 0.2) is 0 Å². The summed E-state index contributed by atoms with van der Waals surface area (Å²) < 4.78 is 0. The van der Waals surface area contributed by atoms with Crippen molar-refractivity contribution in [3.8, 4) is 0 Å². The Morgan fingerprint density at radius 2 is 1.73 bits per heavy atom. The maximum absolute atomic E-state index is 4.32. The molecule has 1 aromatic rings. The molecular weight excluding hydrogens is 184 g/mol. The van der Waals surface area contributed by atoms with E-state index in [0.29, 0.717) is 0 Å². The van der Waals surface area contributed by atoms with Gasteiger partial charge in [0.05, 0.1) is 0 Å². The van der Waals surface area contributed by atoms with Crippen molar-refractivity contribution in [1.82, 2.24) is 4.98 Å². The molecule has 0 aromatic carbocycles. The van der Waals surface area contributed by atoms with Gasteiger partial charge < -0.3 is 4.90 Å². The first-order chi connectivity index (χ1) is 7.15. The van der Waals surface area contributed by atoms with Gasteiger partial charge in [-0.05, 0) is 18.1 Å². The van der Waals surface area contributed by atoms with Gasteiger partial charge in [0.2, 0.25) is 0 Å². The van der Waals surface area contributed by atoms with Crippen LogP contribution in [-0.4, -0.2) is 19.1 Å². The highest BCUT2D eigenvalue weighted by Crippen LogP contribution is 2.08. The van der Waals surface area contributed by atoms with Gasteiger partial charge in [0, 0.05) is 20.3 Å². The first-order valence-corrected chi connectivity index (χ1v) is 5.77. The van der Waals surface area contributed by atoms with Crippen LogP contribution in [0.25, 0.3) is 0 Å². The van der Waals surface area contributed by atoms with Crippen molar-refractivity contribution < 1.29 is 0 Å². The number of hydrogen-bond donors (Lipinski definition) is 0. The monoisotopic (exact) mass is 208 g/mol. The number of anilines is 1. The van der Waals surface area contributed by atoms with E-state index in [4.69, 9.17) is 0 Å². The summed E-state index contributed by atoms with van der Waals surface area (Å²) in [5.41, 5.74) is 1.32. The van der Waals surface area contributed by atoms with E-state index in [9.17, 15) is 0 Å². The summed E-state index contributed by atoms with van der Waals surface area (Å²) in [6, 6.07) is 4.21. The van der Waals surface area contributed by atoms with E-state index < -0.39 is 0 Å². The van der Waals surface area contributed by atoms with Gasteiger partial charge in [-0.3, -0.25) is 0 Å². The molecule has 0 bridgehead atoms. The number of aromatic nitrogens is 1. The SMILES string of the molecule is CCC.CCCc1ccc(N(C)C)nc1. The van der Waals surface area contributed by atoms with E-state index in [1.807, 2.05) is 25.2 Å². The third kappa shape index (κ3) is 6.10. The molecular formula is C13H24N2. The largest absolute Gasteiger partial charge is 0.363 e. The molecule has 15 heavy (non-hydrogen) atoms. The smallest absolute Gasteiger partial charge is 0.127 e. The molecule has 1 heterocycles. The second-order valence-corrected chi connectivity index (χ2v) is 3.88. The van der Waals surface area contributed by atoms with Crippen LogP contribution in [0.4, 0.5) is 5.82 Å². The fraction of sp³-hybridized carbons (Fsp3) is 0.615. The highest BCUT2D eigenvalue weighted by Gasteiger charge is 1.95. The molecule has 0 fully saturated rings. The molecule has 0 saturated heterocycles. The van der Waals surface area contributed by atoms with Crippen LogP contribution in [-0.2, 0) is 6.42 Å². The van der Waals surface area contributed by atoms with Gasteiger partial charge >= 0.3 is 0 Å². The van der Waals surface area contributed by atoms with Crippen LogP contribution in [0, 0.1) is 0 Å². The number of rotatable bonds is 3. The molecule has 1 aromatic heterocycles. The van der Waals surface area contributed by atoms with Crippen molar-refractivity contribution in [1.29, 1.82) is 0 Å². The molecule has 0 atom stereocenters. The standard InChI is InChI=1S/C10H16N2.C3H8/c1-4-5-9-6-7-10(11-8-9)12(2)3;1-3-2/h6-8H,4-5H2,1-3H3;3H2,1-2H3. The van der Waals surface area contributed by atoms with Crippen LogP contribution in [0.2, 0.25) is 0 Å². The van der Waals surface area contributed by atoms with Crippen molar-refractivity contribution in [2.75, 3.05) is 19.0 Å². The Bertz CT molecular complexity index is 239. The Morgan fingerprint density at radius 3 is 2.07 bits per heavy atom. The summed E-state index contributed by atoms with van der Waals surface area (Å²) in [6.45, 7) is 6.43. The van der Waals surface area contributed by atoms with Gasteiger partial charge in [-0.2, -0.15) is 0 Å². The second kappa shape index (κ2) is 8.27. The third-order valence-corrected chi connectivity index (χ3v) is 1.81. The summed E-state index contributed by atoms with van der Waals surface area (Å²) in [5, 5.41) is 0. The third-order valence-electron chi connectivity index (χ3n) is 1.81. The molecule has 1 rings (SSSR count).